The zero-order valence-corrected chi connectivity index (χ0v) is 15.1. The summed E-state index contributed by atoms with van der Waals surface area (Å²) in [5.41, 5.74) is 0.869. The summed E-state index contributed by atoms with van der Waals surface area (Å²) in [5, 5.41) is 12.6. The van der Waals surface area contributed by atoms with E-state index in [4.69, 9.17) is 27.6 Å². The minimum Gasteiger partial charge on any atom is -1.00 e. The summed E-state index contributed by atoms with van der Waals surface area (Å²) in [6.45, 7) is 0. The van der Waals surface area contributed by atoms with Crippen LogP contribution in [-0.2, 0) is 0 Å². The summed E-state index contributed by atoms with van der Waals surface area (Å²) in [6.07, 6.45) is 1.49. The van der Waals surface area contributed by atoms with E-state index in [1.165, 1.54) is 36.6 Å². The van der Waals surface area contributed by atoms with Crippen molar-refractivity contribution in [2.45, 2.75) is 0 Å². The average molecular weight is 384 g/mol. The number of carboxylic acid groups (broad SMARTS) is 1. The quantitative estimate of drug-likeness (QED) is 0.677. The molecule has 0 aliphatic heterocycles. The monoisotopic (exact) mass is 383 g/mol. The summed E-state index contributed by atoms with van der Waals surface area (Å²) in [7, 11) is 0. The predicted octanol–water partition coefficient (Wildman–Crippen LogP) is 2.32. The van der Waals surface area contributed by atoms with E-state index in [0.29, 0.717) is 16.3 Å². The van der Waals surface area contributed by atoms with Gasteiger partial charge in [-0.05, 0) is 48.5 Å². The molecule has 26 heavy (non-hydrogen) atoms. The third kappa shape index (κ3) is 4.32. The van der Waals surface area contributed by atoms with Crippen molar-refractivity contribution in [3.8, 4) is 11.3 Å². The van der Waals surface area contributed by atoms with Gasteiger partial charge in [-0.25, -0.2) is 4.79 Å². The standard InChI is InChI=1S/C18H11Cl2NO4.Li.H/c19-11-4-5-12(14(20)9-11)17(22)21-15-6-3-10(8-13(15)18(23)24)16-2-1-7-25-16;;/h1-9H,(H,21,22)(H,23,24);;/q;+1;-1. The Morgan fingerprint density at radius 1 is 1.04 bits per heavy atom. The van der Waals surface area contributed by atoms with Gasteiger partial charge in [0.2, 0.25) is 0 Å². The molecule has 3 rings (SSSR count). The van der Waals surface area contributed by atoms with E-state index in [-0.39, 0.29) is 42.1 Å². The van der Waals surface area contributed by atoms with Gasteiger partial charge >= 0.3 is 24.8 Å². The number of nitrogens with one attached hydrogen (secondary N) is 1. The van der Waals surface area contributed by atoms with Crippen molar-refractivity contribution in [3.05, 3.63) is 76.0 Å². The first kappa shape index (κ1) is 20.2. The average Bonchev–Trinajstić information content (AvgIpc) is 3.09. The van der Waals surface area contributed by atoms with Crippen molar-refractivity contribution in [1.29, 1.82) is 0 Å². The normalized spacial score (nSPS) is 10.1. The van der Waals surface area contributed by atoms with E-state index in [1.54, 1.807) is 18.2 Å². The third-order valence-corrected chi connectivity index (χ3v) is 4.03. The van der Waals surface area contributed by atoms with Crippen LogP contribution >= 0.6 is 23.2 Å². The van der Waals surface area contributed by atoms with Crippen LogP contribution in [-0.4, -0.2) is 17.0 Å². The second-order valence-electron chi connectivity index (χ2n) is 5.12. The second-order valence-corrected chi connectivity index (χ2v) is 5.96. The molecule has 0 aliphatic carbocycles. The molecule has 8 heteroatoms. The molecule has 0 unspecified atom stereocenters. The molecule has 0 spiro atoms. The third-order valence-electron chi connectivity index (χ3n) is 3.48. The maximum Gasteiger partial charge on any atom is 1.00 e. The van der Waals surface area contributed by atoms with Crippen LogP contribution in [0.15, 0.2) is 59.2 Å². The molecule has 128 valence electrons. The van der Waals surface area contributed by atoms with Crippen LogP contribution in [0.25, 0.3) is 11.3 Å². The summed E-state index contributed by atoms with van der Waals surface area (Å²) in [4.78, 5) is 23.9. The number of aromatic carboxylic acids is 1. The van der Waals surface area contributed by atoms with E-state index in [1.807, 2.05) is 0 Å². The SMILES string of the molecule is O=C(Nc1ccc(-c2ccco2)cc1C(=O)O)c1ccc(Cl)cc1Cl.[H-].[Li+]. The number of anilines is 1. The zero-order chi connectivity index (χ0) is 18.0. The van der Waals surface area contributed by atoms with Crippen molar-refractivity contribution in [2.24, 2.45) is 0 Å². The van der Waals surface area contributed by atoms with Crippen LogP contribution < -0.4 is 24.2 Å². The van der Waals surface area contributed by atoms with E-state index in [0.717, 1.165) is 0 Å². The molecule has 3 aromatic rings. The fourth-order valence-electron chi connectivity index (χ4n) is 2.29. The van der Waals surface area contributed by atoms with Gasteiger partial charge in [-0.2, -0.15) is 0 Å². The van der Waals surface area contributed by atoms with E-state index in [9.17, 15) is 14.7 Å². The molecule has 2 N–H and O–H groups in total. The first-order chi connectivity index (χ1) is 12.0. The maximum absolute atomic E-state index is 12.4. The number of carbonyl (C=O) groups excluding carboxylic acids is 1. The molecule has 5 nitrogen and oxygen atoms in total. The fourth-order valence-corrected chi connectivity index (χ4v) is 2.78. The molecule has 0 atom stereocenters. The number of benzene rings is 2. The van der Waals surface area contributed by atoms with Gasteiger partial charge in [-0.3, -0.25) is 4.79 Å². The Morgan fingerprint density at radius 2 is 1.81 bits per heavy atom. The van der Waals surface area contributed by atoms with Crippen LogP contribution in [0.2, 0.25) is 10.0 Å². The Balaban J connectivity index is 0.00000182. The van der Waals surface area contributed by atoms with Crippen LogP contribution in [0, 0.1) is 0 Å². The van der Waals surface area contributed by atoms with Crippen molar-refractivity contribution >= 4 is 40.8 Å². The number of hydrogen-bond donors (Lipinski definition) is 2. The van der Waals surface area contributed by atoms with E-state index in [2.05, 4.69) is 5.32 Å². The molecule has 0 saturated heterocycles. The number of carboxylic acids is 1. The Hall–Kier alpha value is -2.16. The summed E-state index contributed by atoms with van der Waals surface area (Å²) in [6, 6.07) is 12.4. The summed E-state index contributed by atoms with van der Waals surface area (Å²) < 4.78 is 5.26. The van der Waals surface area contributed by atoms with Crippen LogP contribution in [0.5, 0.6) is 0 Å². The zero-order valence-electron chi connectivity index (χ0n) is 14.6. The smallest absolute Gasteiger partial charge is 1.00 e. The molecule has 0 aliphatic rings. The fraction of sp³-hybridized carbons (Fsp3) is 0. The van der Waals surface area contributed by atoms with Gasteiger partial charge in [0, 0.05) is 10.6 Å². The van der Waals surface area contributed by atoms with Gasteiger partial charge in [0.05, 0.1) is 28.1 Å². The molecule has 0 saturated carbocycles. The van der Waals surface area contributed by atoms with Crippen molar-refractivity contribution in [3.63, 3.8) is 0 Å². The molecule has 0 radical (unpaired) electrons. The number of carbonyl (C=O) groups is 2. The van der Waals surface area contributed by atoms with Crippen LogP contribution in [0.1, 0.15) is 22.1 Å². The number of furan rings is 1. The van der Waals surface area contributed by atoms with Crippen molar-refractivity contribution in [2.75, 3.05) is 5.32 Å². The summed E-state index contributed by atoms with van der Waals surface area (Å²) >= 11 is 11.8. The Morgan fingerprint density at radius 3 is 2.42 bits per heavy atom. The van der Waals surface area contributed by atoms with Gasteiger partial charge in [-0.1, -0.05) is 23.2 Å². The van der Waals surface area contributed by atoms with Gasteiger partial charge < -0.3 is 16.3 Å². The first-order valence-electron chi connectivity index (χ1n) is 7.13. The van der Waals surface area contributed by atoms with Gasteiger partial charge in [0.15, 0.2) is 0 Å². The minimum absolute atomic E-state index is 0. The maximum atomic E-state index is 12.4. The first-order valence-corrected chi connectivity index (χ1v) is 7.89. The molecule has 2 aromatic carbocycles. The number of amides is 1. The Labute approximate surface area is 172 Å². The van der Waals surface area contributed by atoms with Crippen LogP contribution in [0.3, 0.4) is 0 Å². The number of hydrogen-bond acceptors (Lipinski definition) is 3. The number of rotatable bonds is 4. The molecule has 0 fully saturated rings. The molecule has 1 aromatic heterocycles. The van der Waals surface area contributed by atoms with Gasteiger partial charge in [0.25, 0.3) is 5.91 Å². The Kier molecular flexibility index (Phi) is 6.57. The van der Waals surface area contributed by atoms with Gasteiger partial charge in [0.1, 0.15) is 5.76 Å². The van der Waals surface area contributed by atoms with Crippen molar-refractivity contribution in [1.82, 2.24) is 0 Å². The molecule has 1 amide bonds. The Bertz CT molecular complexity index is 964. The van der Waals surface area contributed by atoms with Gasteiger partial charge in [-0.15, -0.1) is 0 Å². The predicted molar refractivity (Wildman–Crippen MR) is 96.6 cm³/mol. The van der Waals surface area contributed by atoms with E-state index >= 15 is 0 Å². The molecular formula is C18H12Cl2LiNO4. The van der Waals surface area contributed by atoms with Crippen molar-refractivity contribution < 1.29 is 39.4 Å². The summed E-state index contributed by atoms with van der Waals surface area (Å²) in [5.74, 6) is -1.18. The van der Waals surface area contributed by atoms with Crippen LogP contribution in [0.4, 0.5) is 5.69 Å². The molecular weight excluding hydrogens is 372 g/mol. The van der Waals surface area contributed by atoms with E-state index < -0.39 is 11.9 Å². The second kappa shape index (κ2) is 8.48. The molecule has 0 bridgehead atoms. The largest absolute Gasteiger partial charge is 1.00 e. The number of halogens is 2. The topological polar surface area (TPSA) is 79.5 Å². The minimum atomic E-state index is -1.18. The molecule has 1 heterocycles.